The van der Waals surface area contributed by atoms with Gasteiger partial charge in [-0.15, -0.1) is 0 Å². The summed E-state index contributed by atoms with van der Waals surface area (Å²) >= 11 is -0.750. The van der Waals surface area contributed by atoms with Gasteiger partial charge < -0.3 is 10.1 Å². The summed E-state index contributed by atoms with van der Waals surface area (Å²) in [5.41, 5.74) is 1.94. The smallest absolute Gasteiger partial charge is 0.435 e. The van der Waals surface area contributed by atoms with Gasteiger partial charge in [0.2, 0.25) is 5.95 Å². The van der Waals surface area contributed by atoms with E-state index in [4.69, 9.17) is 13.2 Å². The van der Waals surface area contributed by atoms with E-state index in [1.807, 2.05) is 19.1 Å². The maximum absolute atomic E-state index is 14.5. The summed E-state index contributed by atoms with van der Waals surface area (Å²) in [6.07, 6.45) is -1.60. The van der Waals surface area contributed by atoms with E-state index in [1.54, 1.807) is 18.2 Å². The van der Waals surface area contributed by atoms with Gasteiger partial charge >= 0.3 is 17.7 Å². The summed E-state index contributed by atoms with van der Waals surface area (Å²) in [7, 11) is 0. The predicted octanol–water partition coefficient (Wildman–Crippen LogP) is 4.74. The average molecular weight is 506 g/mol. The van der Waals surface area contributed by atoms with Crippen LogP contribution in [0.1, 0.15) is 22.4 Å². The SMILES string of the molecule is Cc1ccc(-c2cnc(NCc3c(F)ccc4c3CCO4)n3cnc(C(F)(F)F)c23)cc1.O=S=O. The molecular weight excluding hydrogens is 488 g/mol. The number of nitrogens with one attached hydrogen (secondary N) is 1. The highest BCUT2D eigenvalue weighted by atomic mass is 32.1. The first-order chi connectivity index (χ1) is 16.7. The number of hydrogen-bond acceptors (Lipinski definition) is 6. The number of alkyl halides is 3. The van der Waals surface area contributed by atoms with E-state index in [9.17, 15) is 17.6 Å². The molecule has 3 heterocycles. The quantitative estimate of drug-likeness (QED) is 0.403. The minimum Gasteiger partial charge on any atom is -0.493 e. The summed E-state index contributed by atoms with van der Waals surface area (Å²) in [6, 6.07) is 10.0. The molecule has 1 aliphatic rings. The fourth-order valence-corrected chi connectivity index (χ4v) is 3.97. The number of aryl methyl sites for hydroxylation is 1. The molecule has 5 rings (SSSR count). The van der Waals surface area contributed by atoms with Crippen molar-refractivity contribution in [1.82, 2.24) is 14.4 Å². The van der Waals surface area contributed by atoms with Crippen LogP contribution in [0.25, 0.3) is 16.6 Å². The van der Waals surface area contributed by atoms with Crippen LogP contribution in [-0.2, 0) is 30.7 Å². The molecule has 0 fully saturated rings. The maximum Gasteiger partial charge on any atom is 0.435 e. The highest BCUT2D eigenvalue weighted by Crippen LogP contribution is 2.37. The van der Waals surface area contributed by atoms with Crippen LogP contribution in [0.15, 0.2) is 48.9 Å². The molecule has 0 amide bonds. The van der Waals surface area contributed by atoms with Crippen molar-refractivity contribution in [3.05, 3.63) is 77.1 Å². The second-order valence-corrected chi connectivity index (χ2v) is 7.83. The van der Waals surface area contributed by atoms with E-state index in [0.717, 1.165) is 17.5 Å². The highest BCUT2D eigenvalue weighted by molar-refractivity contribution is 7.51. The lowest BCUT2D eigenvalue weighted by Gasteiger charge is -2.14. The summed E-state index contributed by atoms with van der Waals surface area (Å²) < 4.78 is 78.9. The molecule has 12 heteroatoms. The average Bonchev–Trinajstić information content (AvgIpc) is 3.47. The maximum atomic E-state index is 14.5. The third kappa shape index (κ3) is 4.87. The molecule has 0 unspecified atom stereocenters. The number of aromatic nitrogens is 3. The third-order valence-corrected chi connectivity index (χ3v) is 5.56. The van der Waals surface area contributed by atoms with Crippen LogP contribution in [0.3, 0.4) is 0 Å². The van der Waals surface area contributed by atoms with E-state index in [1.165, 1.54) is 16.7 Å². The molecule has 2 aromatic heterocycles. The van der Waals surface area contributed by atoms with E-state index >= 15 is 0 Å². The topological polar surface area (TPSA) is 85.6 Å². The standard InChI is InChI=1S/C23H18F4N4O.O2S/c1-13-2-4-14(5-3-13)16-10-28-22(31-12-30-21(20(16)31)23(25,26)27)29-11-17-15-8-9-32-19(15)7-6-18(17)24;1-3-2/h2-7,10,12H,8-9,11H2,1H3,(H,28,29);. The predicted molar refractivity (Wildman–Crippen MR) is 120 cm³/mol. The Balaban J connectivity index is 0.000000917. The van der Waals surface area contributed by atoms with Crippen LogP contribution in [-0.4, -0.2) is 29.4 Å². The highest BCUT2D eigenvalue weighted by Gasteiger charge is 2.37. The molecule has 0 radical (unpaired) electrons. The normalized spacial score (nSPS) is 12.5. The number of anilines is 1. The number of nitrogens with zero attached hydrogens (tertiary/aromatic N) is 3. The molecule has 4 aromatic rings. The van der Waals surface area contributed by atoms with Crippen LogP contribution in [0.2, 0.25) is 0 Å². The number of ether oxygens (including phenoxy) is 1. The first-order valence-corrected chi connectivity index (χ1v) is 11.0. The van der Waals surface area contributed by atoms with Gasteiger partial charge in [0.25, 0.3) is 0 Å². The van der Waals surface area contributed by atoms with E-state index in [0.29, 0.717) is 35.5 Å². The van der Waals surface area contributed by atoms with Gasteiger partial charge in [-0.3, -0.25) is 4.40 Å². The Morgan fingerprint density at radius 3 is 2.51 bits per heavy atom. The number of rotatable bonds is 4. The molecule has 0 atom stereocenters. The molecule has 0 spiro atoms. The number of fused-ring (bicyclic) bond motifs is 2. The van der Waals surface area contributed by atoms with Gasteiger partial charge in [-0.05, 0) is 24.6 Å². The molecule has 1 N–H and O–H groups in total. The van der Waals surface area contributed by atoms with Crippen molar-refractivity contribution in [3.63, 3.8) is 0 Å². The van der Waals surface area contributed by atoms with E-state index in [-0.39, 0.29) is 18.0 Å². The molecule has 0 saturated carbocycles. The van der Waals surface area contributed by atoms with E-state index < -0.39 is 29.3 Å². The zero-order valence-corrected chi connectivity index (χ0v) is 19.0. The molecule has 1 aliphatic heterocycles. The Bertz CT molecular complexity index is 1420. The zero-order valence-electron chi connectivity index (χ0n) is 18.2. The second-order valence-electron chi connectivity index (χ2n) is 7.69. The van der Waals surface area contributed by atoms with Crippen LogP contribution in [0.5, 0.6) is 5.75 Å². The Morgan fingerprint density at radius 2 is 1.83 bits per heavy atom. The summed E-state index contributed by atoms with van der Waals surface area (Å²) in [6.45, 7) is 2.41. The van der Waals surface area contributed by atoms with Gasteiger partial charge in [-0.25, -0.2) is 14.4 Å². The van der Waals surface area contributed by atoms with Crippen LogP contribution >= 0.6 is 0 Å². The molecular formula is C23H18F4N4O3S. The first-order valence-electron chi connectivity index (χ1n) is 10.3. The van der Waals surface area contributed by atoms with Crippen molar-refractivity contribution in [1.29, 1.82) is 0 Å². The number of halogens is 4. The van der Waals surface area contributed by atoms with Gasteiger partial charge in [-0.2, -0.15) is 21.6 Å². The zero-order chi connectivity index (χ0) is 25.2. The Hall–Kier alpha value is -3.80. The number of benzene rings is 2. The molecule has 0 saturated heterocycles. The van der Waals surface area contributed by atoms with Gasteiger partial charge in [-0.1, -0.05) is 29.8 Å². The monoisotopic (exact) mass is 506 g/mol. The van der Waals surface area contributed by atoms with Crippen LogP contribution in [0, 0.1) is 12.7 Å². The van der Waals surface area contributed by atoms with Gasteiger partial charge in [0, 0.05) is 35.9 Å². The van der Waals surface area contributed by atoms with Crippen molar-refractivity contribution >= 4 is 23.0 Å². The van der Waals surface area contributed by atoms with Crippen molar-refractivity contribution in [2.75, 3.05) is 11.9 Å². The summed E-state index contributed by atoms with van der Waals surface area (Å²) in [5, 5.41) is 2.98. The Labute approximate surface area is 200 Å². The fraction of sp³-hybridized carbons (Fsp3) is 0.217. The van der Waals surface area contributed by atoms with Crippen molar-refractivity contribution in [3.8, 4) is 16.9 Å². The van der Waals surface area contributed by atoms with Crippen molar-refractivity contribution in [2.45, 2.75) is 26.1 Å². The number of hydrogen-bond donors (Lipinski definition) is 1. The lowest BCUT2D eigenvalue weighted by Crippen LogP contribution is -2.11. The van der Waals surface area contributed by atoms with Crippen molar-refractivity contribution < 1.29 is 30.7 Å². The van der Waals surface area contributed by atoms with E-state index in [2.05, 4.69) is 15.3 Å². The minimum atomic E-state index is -4.64. The Kier molecular flexibility index (Phi) is 6.83. The summed E-state index contributed by atoms with van der Waals surface area (Å²) in [5.74, 6) is 0.351. The van der Waals surface area contributed by atoms with Gasteiger partial charge in [0.15, 0.2) is 5.69 Å². The molecule has 2 aromatic carbocycles. The Morgan fingerprint density at radius 1 is 1.11 bits per heavy atom. The van der Waals surface area contributed by atoms with Crippen LogP contribution in [0.4, 0.5) is 23.5 Å². The fourth-order valence-electron chi connectivity index (χ4n) is 3.97. The van der Waals surface area contributed by atoms with Gasteiger partial charge in [0.05, 0.1) is 12.1 Å². The second kappa shape index (κ2) is 9.82. The molecule has 7 nitrogen and oxygen atoms in total. The molecule has 182 valence electrons. The largest absolute Gasteiger partial charge is 0.493 e. The lowest BCUT2D eigenvalue weighted by atomic mass is 10.0. The summed E-state index contributed by atoms with van der Waals surface area (Å²) in [4.78, 5) is 7.96. The van der Waals surface area contributed by atoms with Gasteiger partial charge in [0.1, 0.15) is 17.9 Å². The first kappa shape index (κ1) is 24.3. The third-order valence-electron chi connectivity index (χ3n) is 5.56. The molecule has 0 bridgehead atoms. The molecule has 35 heavy (non-hydrogen) atoms. The number of imidazole rings is 1. The van der Waals surface area contributed by atoms with Crippen molar-refractivity contribution in [2.24, 2.45) is 0 Å². The lowest BCUT2D eigenvalue weighted by molar-refractivity contribution is -0.139. The molecule has 0 aliphatic carbocycles. The van der Waals surface area contributed by atoms with Crippen LogP contribution < -0.4 is 10.1 Å². The minimum absolute atomic E-state index is 0.0455.